The van der Waals surface area contributed by atoms with Gasteiger partial charge in [-0.3, -0.25) is 14.4 Å². The monoisotopic (exact) mass is 718 g/mol. The number of ether oxygens (including phenoxy) is 1. The molecule has 0 radical (unpaired) electrons. The van der Waals surface area contributed by atoms with Gasteiger partial charge < -0.3 is 35.4 Å². The van der Waals surface area contributed by atoms with Crippen LogP contribution in [0.5, 0.6) is 0 Å². The van der Waals surface area contributed by atoms with Crippen LogP contribution < -0.4 is 0 Å². The number of unbranched alkanes of at least 4 members (excludes halogenated alkanes) is 5. The number of hydrogen-bond donors (Lipinski definition) is 6. The van der Waals surface area contributed by atoms with Gasteiger partial charge in [-0.2, -0.15) is 9.98 Å². The van der Waals surface area contributed by atoms with Crippen molar-refractivity contribution in [3.8, 4) is 0 Å². The summed E-state index contributed by atoms with van der Waals surface area (Å²) < 4.78 is 4.76. The predicted molar refractivity (Wildman–Crippen MR) is 190 cm³/mol. The number of nitrogens with zero attached hydrogens (tertiary/aromatic N) is 2. The molecule has 1 saturated heterocycles. The van der Waals surface area contributed by atoms with E-state index in [1.165, 1.54) is 12.2 Å². The minimum atomic E-state index is -0.870. The Morgan fingerprint density at radius 2 is 0.980 bits per heavy atom. The minimum absolute atomic E-state index is 0.0255. The Labute approximate surface area is 299 Å². The van der Waals surface area contributed by atoms with Crippen molar-refractivity contribution in [2.75, 3.05) is 33.0 Å². The highest BCUT2D eigenvalue weighted by atomic mass is 16.5. The normalized spacial score (nSPS) is 11.3. The second-order valence-corrected chi connectivity index (χ2v) is 11.0. The summed E-state index contributed by atoms with van der Waals surface area (Å²) >= 11 is 0. The fraction of sp³-hybridized carbons (Fsp3) is 0.541. The molecule has 0 saturated carbocycles. The van der Waals surface area contributed by atoms with Gasteiger partial charge >= 0.3 is 17.9 Å². The van der Waals surface area contributed by atoms with E-state index in [2.05, 4.69) is 9.98 Å². The van der Waals surface area contributed by atoms with Gasteiger partial charge in [0.1, 0.15) is 0 Å². The maximum absolute atomic E-state index is 10.5. The van der Waals surface area contributed by atoms with E-state index in [1.807, 2.05) is 24.3 Å². The number of aliphatic hydroxyl groups is 4. The molecule has 2 aromatic carbocycles. The molecule has 6 N–H and O–H groups in total. The van der Waals surface area contributed by atoms with Crippen molar-refractivity contribution < 1.29 is 59.3 Å². The van der Waals surface area contributed by atoms with Gasteiger partial charge in [-0.1, -0.05) is 37.1 Å². The van der Waals surface area contributed by atoms with Crippen molar-refractivity contribution in [2.24, 2.45) is 9.98 Å². The largest absolute Gasteiger partial charge is 0.481 e. The van der Waals surface area contributed by atoms with Crippen LogP contribution in [-0.4, -0.2) is 93.7 Å². The number of carbonyl (C=O) groups excluding carboxylic acids is 3. The summed E-state index contributed by atoms with van der Waals surface area (Å²) in [5.41, 5.74) is 3.40. The predicted octanol–water partition coefficient (Wildman–Crippen LogP) is 5.31. The summed E-state index contributed by atoms with van der Waals surface area (Å²) in [6, 6.07) is 14.7. The molecule has 0 amide bonds. The molecule has 0 atom stereocenters. The van der Waals surface area contributed by atoms with Crippen LogP contribution in [0.15, 0.2) is 58.5 Å². The molecule has 1 aliphatic heterocycles. The molecular formula is C37H54N2O12. The Balaban J connectivity index is 0. The second-order valence-electron chi connectivity index (χ2n) is 11.0. The molecule has 0 aromatic heterocycles. The Morgan fingerprint density at radius 1 is 0.588 bits per heavy atom. The van der Waals surface area contributed by atoms with E-state index in [1.54, 1.807) is 24.3 Å². The Hall–Kier alpha value is -4.55. The first-order valence-electron chi connectivity index (χ1n) is 17.0. The van der Waals surface area contributed by atoms with Crippen molar-refractivity contribution in [1.82, 2.24) is 0 Å². The Bertz CT molecular complexity index is 1160. The van der Waals surface area contributed by atoms with Crippen molar-refractivity contribution in [3.05, 3.63) is 59.7 Å². The van der Waals surface area contributed by atoms with Crippen molar-refractivity contribution in [3.63, 3.8) is 0 Å². The molecule has 51 heavy (non-hydrogen) atoms. The van der Waals surface area contributed by atoms with Crippen LogP contribution in [0, 0.1) is 0 Å². The number of carbonyl (C=O) groups is 3. The van der Waals surface area contributed by atoms with Crippen molar-refractivity contribution in [1.29, 1.82) is 0 Å². The molecule has 0 unspecified atom stereocenters. The van der Waals surface area contributed by atoms with Gasteiger partial charge in [0.2, 0.25) is 12.2 Å². The summed E-state index contributed by atoms with van der Waals surface area (Å²) in [6.07, 6.45) is 13.9. The highest BCUT2D eigenvalue weighted by Crippen LogP contribution is 2.18. The number of aliphatic hydroxyl groups excluding tert-OH is 4. The maximum Gasteiger partial charge on any atom is 0.305 e. The lowest BCUT2D eigenvalue weighted by Crippen LogP contribution is -2.00. The lowest BCUT2D eigenvalue weighted by atomic mass is 10.0. The van der Waals surface area contributed by atoms with Gasteiger partial charge in [-0.25, -0.2) is 9.59 Å². The Kier molecular flexibility index (Phi) is 35.0. The molecular weight excluding hydrogens is 664 g/mol. The molecule has 0 aliphatic carbocycles. The fourth-order valence-corrected chi connectivity index (χ4v) is 3.88. The number of cyclic esters (lactones) is 1. The average Bonchev–Trinajstić information content (AvgIpc) is 3.38. The number of aliphatic carboxylic acids is 2. The summed E-state index contributed by atoms with van der Waals surface area (Å²) in [5, 5.41) is 49.0. The van der Waals surface area contributed by atoms with Gasteiger partial charge in [-0.05, 0) is 99.6 Å². The quantitative estimate of drug-likeness (QED) is 0.0528. The van der Waals surface area contributed by atoms with E-state index >= 15 is 0 Å². The summed E-state index contributed by atoms with van der Waals surface area (Å²) in [5.74, 6) is -1.77. The zero-order valence-corrected chi connectivity index (χ0v) is 29.3. The molecule has 2 aromatic rings. The number of esters is 1. The Morgan fingerprint density at radius 3 is 1.33 bits per heavy atom. The number of rotatable bonds is 17. The third kappa shape index (κ3) is 35.1. The van der Waals surface area contributed by atoms with Crippen LogP contribution in [0.1, 0.15) is 101 Å². The van der Waals surface area contributed by atoms with Gasteiger partial charge in [0.25, 0.3) is 0 Å². The first-order chi connectivity index (χ1) is 24.7. The lowest BCUT2D eigenvalue weighted by Gasteiger charge is -2.02. The number of hydrogen-bond acceptors (Lipinski definition) is 12. The minimum Gasteiger partial charge on any atom is -0.481 e. The first kappa shape index (κ1) is 48.6. The van der Waals surface area contributed by atoms with E-state index in [4.69, 9.17) is 35.4 Å². The van der Waals surface area contributed by atoms with Crippen LogP contribution in [0.25, 0.3) is 0 Å². The molecule has 14 heteroatoms. The van der Waals surface area contributed by atoms with E-state index in [9.17, 15) is 24.0 Å². The molecule has 284 valence electrons. The third-order valence-electron chi connectivity index (χ3n) is 6.58. The average molecular weight is 719 g/mol. The topological polar surface area (TPSA) is 241 Å². The zero-order valence-electron chi connectivity index (χ0n) is 29.3. The zero-order chi connectivity index (χ0) is 38.4. The van der Waals surface area contributed by atoms with Crippen LogP contribution in [0.2, 0.25) is 0 Å². The molecule has 1 heterocycles. The van der Waals surface area contributed by atoms with Gasteiger partial charge in [0.05, 0.1) is 18.0 Å². The van der Waals surface area contributed by atoms with Crippen LogP contribution in [0.3, 0.4) is 0 Å². The number of isocyanates is 2. The fourth-order valence-electron chi connectivity index (χ4n) is 3.88. The molecule has 14 nitrogen and oxygen atoms in total. The van der Waals surface area contributed by atoms with E-state index in [0.29, 0.717) is 37.2 Å². The van der Waals surface area contributed by atoms with Gasteiger partial charge in [0.15, 0.2) is 0 Å². The van der Waals surface area contributed by atoms with Crippen molar-refractivity contribution >= 4 is 41.4 Å². The van der Waals surface area contributed by atoms with E-state index in [-0.39, 0.29) is 45.2 Å². The third-order valence-corrected chi connectivity index (χ3v) is 6.58. The molecule has 1 aliphatic rings. The molecule has 0 bridgehead atoms. The number of carboxylic acid groups (broad SMARTS) is 2. The molecule has 3 rings (SSSR count). The molecule has 1 fully saturated rings. The number of benzene rings is 2. The molecule has 0 spiro atoms. The summed E-state index contributed by atoms with van der Waals surface area (Å²) in [7, 11) is 0. The van der Waals surface area contributed by atoms with E-state index < -0.39 is 11.9 Å². The summed E-state index contributed by atoms with van der Waals surface area (Å²) in [6.45, 7) is 1.59. The van der Waals surface area contributed by atoms with Gasteiger partial charge in [-0.15, -0.1) is 0 Å². The van der Waals surface area contributed by atoms with E-state index in [0.717, 1.165) is 75.3 Å². The smallest absolute Gasteiger partial charge is 0.305 e. The van der Waals surface area contributed by atoms with Crippen LogP contribution >= 0.6 is 0 Å². The van der Waals surface area contributed by atoms with Crippen molar-refractivity contribution in [2.45, 2.75) is 96.3 Å². The SMILES string of the molecule is O=C(O)CCCCC(=O)O.O=C1CCCCCO1.O=C=Nc1ccc(Cc2ccc(N=C=O)cc2)cc1.OCCCCCCO.OCCCCO. The van der Waals surface area contributed by atoms with Crippen LogP contribution in [0.4, 0.5) is 11.4 Å². The van der Waals surface area contributed by atoms with Gasteiger partial charge in [0, 0.05) is 45.7 Å². The summed E-state index contributed by atoms with van der Waals surface area (Å²) in [4.78, 5) is 57.5. The number of aliphatic imine (C=N–C) groups is 2. The lowest BCUT2D eigenvalue weighted by molar-refractivity contribution is -0.142. The first-order valence-corrected chi connectivity index (χ1v) is 17.0. The maximum atomic E-state index is 10.5. The van der Waals surface area contributed by atoms with Crippen LogP contribution in [-0.2, 0) is 35.1 Å². The highest BCUT2D eigenvalue weighted by molar-refractivity contribution is 5.69. The standard InChI is InChI=1S/C15H10N2O2.C6H10O4.C6H10O2.C6H14O2.C4H10O2/c18-10-16-14-5-1-12(2-6-14)9-13-3-7-15(8-4-13)17-11-19;7-5(8)3-1-2-4-6(9)10;7-6-4-2-1-3-5-8-6;7-5-3-1-2-4-6-8;5-3-1-2-4-6/h1-8H,9H2;1-4H2,(H,7,8)(H,9,10);1-5H2;7-8H,1-6H2;5-6H,1-4H2. The number of carboxylic acids is 2. The highest BCUT2D eigenvalue weighted by Gasteiger charge is 2.05. The second kappa shape index (κ2) is 36.7.